The highest BCUT2D eigenvalue weighted by Crippen LogP contribution is 2.27. The number of amides is 1. The van der Waals surface area contributed by atoms with Crippen LogP contribution in [0.4, 0.5) is 0 Å². The van der Waals surface area contributed by atoms with E-state index in [1.165, 1.54) is 12.8 Å². The Bertz CT molecular complexity index is 259. The molecule has 1 unspecified atom stereocenters. The Morgan fingerprint density at radius 2 is 2.29 bits per heavy atom. The molecule has 1 aliphatic heterocycles. The fourth-order valence-electron chi connectivity index (χ4n) is 2.02. The van der Waals surface area contributed by atoms with E-state index < -0.39 is 0 Å². The highest BCUT2D eigenvalue weighted by Gasteiger charge is 2.33. The van der Waals surface area contributed by atoms with Crippen molar-refractivity contribution in [3.63, 3.8) is 0 Å². The summed E-state index contributed by atoms with van der Waals surface area (Å²) in [5, 5.41) is 3.39. The van der Waals surface area contributed by atoms with E-state index in [1.807, 2.05) is 4.90 Å². The van der Waals surface area contributed by atoms with Crippen molar-refractivity contribution in [3.05, 3.63) is 0 Å². The summed E-state index contributed by atoms with van der Waals surface area (Å²) >= 11 is 0. The van der Waals surface area contributed by atoms with Gasteiger partial charge in [-0.2, -0.15) is 0 Å². The van der Waals surface area contributed by atoms with Crippen molar-refractivity contribution in [2.24, 2.45) is 0 Å². The smallest absolute Gasteiger partial charge is 0.298 e. The number of hydrogen-bond donors (Lipinski definition) is 1. The quantitative estimate of drug-likeness (QED) is 0.655. The Morgan fingerprint density at radius 3 is 2.79 bits per heavy atom. The van der Waals surface area contributed by atoms with E-state index >= 15 is 0 Å². The van der Waals surface area contributed by atoms with Crippen LogP contribution in [0, 0.1) is 12.3 Å². The van der Waals surface area contributed by atoms with Gasteiger partial charge in [0, 0.05) is 18.6 Å². The molecule has 1 heterocycles. The van der Waals surface area contributed by atoms with Crippen molar-refractivity contribution in [3.8, 4) is 12.3 Å². The molecule has 2 fully saturated rings. The predicted octanol–water partition coefficient (Wildman–Crippen LogP) is 0.363. The Kier molecular flexibility index (Phi) is 2.74. The molecule has 1 saturated carbocycles. The van der Waals surface area contributed by atoms with Crippen LogP contribution in [0.2, 0.25) is 0 Å². The van der Waals surface area contributed by atoms with Crippen molar-refractivity contribution in [2.45, 2.75) is 37.8 Å². The van der Waals surface area contributed by atoms with E-state index in [2.05, 4.69) is 11.2 Å². The number of nitrogens with zero attached hydrogens (tertiary/aromatic N) is 1. The first-order chi connectivity index (χ1) is 6.81. The van der Waals surface area contributed by atoms with E-state index in [-0.39, 0.29) is 5.91 Å². The van der Waals surface area contributed by atoms with Gasteiger partial charge in [-0.25, -0.2) is 0 Å². The molecule has 0 aromatic rings. The van der Waals surface area contributed by atoms with E-state index in [9.17, 15) is 4.79 Å². The second-order valence-corrected chi connectivity index (χ2v) is 4.13. The molecule has 76 valence electrons. The second-order valence-electron chi connectivity index (χ2n) is 4.13. The van der Waals surface area contributed by atoms with Gasteiger partial charge in [-0.05, 0) is 38.1 Å². The average molecular weight is 192 g/mol. The fraction of sp³-hybridized carbons (Fsp3) is 0.727. The van der Waals surface area contributed by atoms with E-state index in [4.69, 9.17) is 6.42 Å². The van der Waals surface area contributed by atoms with Gasteiger partial charge in [-0.1, -0.05) is 0 Å². The van der Waals surface area contributed by atoms with Crippen LogP contribution in [0.3, 0.4) is 0 Å². The summed E-state index contributed by atoms with van der Waals surface area (Å²) in [6.45, 7) is 1.88. The molecule has 2 rings (SSSR count). The lowest BCUT2D eigenvalue weighted by Gasteiger charge is -2.23. The van der Waals surface area contributed by atoms with Gasteiger partial charge < -0.3 is 10.2 Å². The van der Waals surface area contributed by atoms with Crippen LogP contribution in [-0.2, 0) is 4.79 Å². The van der Waals surface area contributed by atoms with Gasteiger partial charge in [-0.3, -0.25) is 4.79 Å². The zero-order chi connectivity index (χ0) is 9.97. The third-order valence-electron chi connectivity index (χ3n) is 2.95. The number of nitrogens with one attached hydrogen (secondary N) is 1. The number of hydrogen-bond acceptors (Lipinski definition) is 2. The molecule has 2 aliphatic rings. The van der Waals surface area contributed by atoms with E-state index in [0.29, 0.717) is 12.1 Å². The maximum absolute atomic E-state index is 11.4. The summed E-state index contributed by atoms with van der Waals surface area (Å²) in [5.74, 6) is 2.08. The Hall–Kier alpha value is -1.01. The first-order valence-corrected chi connectivity index (χ1v) is 5.32. The summed E-state index contributed by atoms with van der Waals surface area (Å²) in [5.41, 5.74) is 0. The first kappa shape index (κ1) is 9.54. The second kappa shape index (κ2) is 4.02. The normalized spacial score (nSPS) is 25.8. The lowest BCUT2D eigenvalue weighted by atomic mass is 10.2. The number of terminal acetylenes is 1. The Labute approximate surface area is 84.8 Å². The van der Waals surface area contributed by atoms with Gasteiger partial charge in [0.05, 0.1) is 0 Å². The molecule has 1 amide bonds. The molecule has 1 atom stereocenters. The molecule has 0 bridgehead atoms. The van der Waals surface area contributed by atoms with Gasteiger partial charge in [0.25, 0.3) is 5.91 Å². The highest BCUT2D eigenvalue weighted by molar-refractivity contribution is 5.93. The number of carbonyl (C=O) groups excluding carboxylic acids is 1. The van der Waals surface area contributed by atoms with Crippen LogP contribution < -0.4 is 5.32 Å². The largest absolute Gasteiger partial charge is 0.327 e. The van der Waals surface area contributed by atoms with E-state index in [0.717, 1.165) is 25.9 Å². The maximum atomic E-state index is 11.4. The Morgan fingerprint density at radius 1 is 1.50 bits per heavy atom. The SMILES string of the molecule is C#CC(=O)N(CC1CCCN1)C1CC1. The maximum Gasteiger partial charge on any atom is 0.298 e. The number of carbonyl (C=O) groups is 1. The van der Waals surface area contributed by atoms with Crippen molar-refractivity contribution in [1.82, 2.24) is 10.2 Å². The molecule has 14 heavy (non-hydrogen) atoms. The van der Waals surface area contributed by atoms with Gasteiger partial charge >= 0.3 is 0 Å². The molecule has 0 aromatic carbocycles. The molecule has 3 nitrogen and oxygen atoms in total. The average Bonchev–Trinajstić information content (AvgIpc) is 2.92. The monoisotopic (exact) mass is 192 g/mol. The fourth-order valence-corrected chi connectivity index (χ4v) is 2.02. The zero-order valence-corrected chi connectivity index (χ0v) is 8.33. The lowest BCUT2D eigenvalue weighted by molar-refractivity contribution is -0.125. The van der Waals surface area contributed by atoms with Crippen molar-refractivity contribution < 1.29 is 4.79 Å². The Balaban J connectivity index is 1.90. The first-order valence-electron chi connectivity index (χ1n) is 5.32. The lowest BCUT2D eigenvalue weighted by Crippen LogP contribution is -2.41. The standard InChI is InChI=1S/C11H16N2O/c1-2-11(14)13(10-5-6-10)8-9-4-3-7-12-9/h1,9-10,12H,3-8H2. The predicted molar refractivity (Wildman–Crippen MR) is 54.6 cm³/mol. The molecule has 0 aromatic heterocycles. The zero-order valence-electron chi connectivity index (χ0n) is 8.33. The van der Waals surface area contributed by atoms with Crippen LogP contribution in [0.25, 0.3) is 0 Å². The van der Waals surface area contributed by atoms with E-state index in [1.54, 1.807) is 0 Å². The summed E-state index contributed by atoms with van der Waals surface area (Å²) < 4.78 is 0. The summed E-state index contributed by atoms with van der Waals surface area (Å²) in [4.78, 5) is 13.3. The van der Waals surface area contributed by atoms with Gasteiger partial charge in [-0.15, -0.1) is 6.42 Å². The van der Waals surface area contributed by atoms with Crippen LogP contribution in [0.5, 0.6) is 0 Å². The van der Waals surface area contributed by atoms with Crippen molar-refractivity contribution in [2.75, 3.05) is 13.1 Å². The minimum absolute atomic E-state index is 0.138. The van der Waals surface area contributed by atoms with Gasteiger partial charge in [0.1, 0.15) is 0 Å². The van der Waals surface area contributed by atoms with Crippen LogP contribution in [0.1, 0.15) is 25.7 Å². The minimum atomic E-state index is -0.138. The third kappa shape index (κ3) is 2.08. The van der Waals surface area contributed by atoms with Crippen LogP contribution in [0.15, 0.2) is 0 Å². The molecule has 3 heteroatoms. The molecule has 1 aliphatic carbocycles. The molecular formula is C11H16N2O. The summed E-state index contributed by atoms with van der Waals surface area (Å²) in [7, 11) is 0. The molecule has 1 N–H and O–H groups in total. The van der Waals surface area contributed by atoms with Gasteiger partial charge in [0.2, 0.25) is 0 Å². The van der Waals surface area contributed by atoms with Crippen molar-refractivity contribution >= 4 is 5.91 Å². The molecule has 0 radical (unpaired) electrons. The topological polar surface area (TPSA) is 32.3 Å². The minimum Gasteiger partial charge on any atom is -0.327 e. The van der Waals surface area contributed by atoms with Crippen LogP contribution in [-0.4, -0.2) is 36.0 Å². The molecule has 1 saturated heterocycles. The van der Waals surface area contributed by atoms with Gasteiger partial charge in [0.15, 0.2) is 0 Å². The van der Waals surface area contributed by atoms with Crippen LogP contribution >= 0.6 is 0 Å². The number of rotatable bonds is 3. The molecule has 0 spiro atoms. The molecular weight excluding hydrogens is 176 g/mol. The third-order valence-corrected chi connectivity index (χ3v) is 2.95. The van der Waals surface area contributed by atoms with Crippen molar-refractivity contribution in [1.29, 1.82) is 0 Å². The summed E-state index contributed by atoms with van der Waals surface area (Å²) in [6, 6.07) is 0.897. The highest BCUT2D eigenvalue weighted by atomic mass is 16.2. The summed E-state index contributed by atoms with van der Waals surface area (Å²) in [6.07, 6.45) is 9.78.